The predicted molar refractivity (Wildman–Crippen MR) is 136 cm³/mol. The largest absolute Gasteiger partial charge is 0.508 e. The molecule has 1 aliphatic heterocycles. The second-order valence-corrected chi connectivity index (χ2v) is 9.16. The number of aromatic hydroxyl groups is 5. The normalized spacial score (nSPS) is 22.8. The van der Waals surface area contributed by atoms with Crippen molar-refractivity contribution in [1.82, 2.24) is 0 Å². The predicted octanol–water partition coefficient (Wildman–Crippen LogP) is 1.99. The van der Waals surface area contributed by atoms with Crippen molar-refractivity contribution in [1.29, 1.82) is 0 Å². The lowest BCUT2D eigenvalue weighted by Crippen LogP contribution is -2.58. The topological polar surface area (TPSA) is 220 Å². The van der Waals surface area contributed by atoms with E-state index >= 15 is 0 Å². The third kappa shape index (κ3) is 4.78. The molecule has 3 aromatic carbocycles. The van der Waals surface area contributed by atoms with Crippen molar-refractivity contribution in [3.8, 4) is 57.3 Å². The number of fused-ring (bicyclic) bond motifs is 1. The lowest BCUT2D eigenvalue weighted by Gasteiger charge is -2.38. The van der Waals surface area contributed by atoms with Crippen LogP contribution in [0.5, 0.6) is 46.0 Å². The molecule has 2 heterocycles. The molecular weight excluding hydrogens is 532 g/mol. The monoisotopic (exact) mass is 556 g/mol. The fourth-order valence-corrected chi connectivity index (χ4v) is 4.24. The van der Waals surface area contributed by atoms with Gasteiger partial charge in [0.1, 0.15) is 46.5 Å². The molecule has 210 valence electrons. The fourth-order valence-electron chi connectivity index (χ4n) is 4.24. The van der Waals surface area contributed by atoms with E-state index in [1.54, 1.807) is 0 Å². The number of phenols is 5. The summed E-state index contributed by atoms with van der Waals surface area (Å²) in [5.41, 5.74) is -1.13. The Kier molecular flexibility index (Phi) is 6.81. The van der Waals surface area contributed by atoms with Gasteiger partial charge < -0.3 is 59.5 Å². The zero-order valence-corrected chi connectivity index (χ0v) is 20.6. The molecule has 0 spiro atoms. The first-order chi connectivity index (χ1) is 18.9. The van der Waals surface area contributed by atoms with Crippen molar-refractivity contribution in [2.45, 2.75) is 37.6 Å². The standard InChI is InChI=1S/C27H24O13/c1-10-21(33)23(35)24(36)27(37-10)40-26-22(34)20-16(32)8-13(29)9-19(20)39-25(26)11-2-4-14(30)18(6-11)38-17-5-3-12(28)7-15(17)31/h2-10,21,23-24,27-33,35-36H,1H3/t10-,21+,23-,24-,27-/m0/s1. The Hall–Kier alpha value is -4.69. The van der Waals surface area contributed by atoms with Crippen LogP contribution < -0.4 is 14.9 Å². The Bertz CT molecular complexity index is 1650. The van der Waals surface area contributed by atoms with Crippen LogP contribution in [0, 0.1) is 0 Å². The van der Waals surface area contributed by atoms with E-state index in [-0.39, 0.29) is 45.3 Å². The van der Waals surface area contributed by atoms with Gasteiger partial charge in [0.05, 0.1) is 6.10 Å². The average Bonchev–Trinajstić information content (AvgIpc) is 2.89. The molecule has 1 aromatic heterocycles. The number of phenolic OH excluding ortho intramolecular Hbond substituents is 5. The molecule has 40 heavy (non-hydrogen) atoms. The summed E-state index contributed by atoms with van der Waals surface area (Å²) in [6.45, 7) is 1.41. The molecule has 4 aromatic rings. The summed E-state index contributed by atoms with van der Waals surface area (Å²) in [6.07, 6.45) is -7.58. The molecule has 1 fully saturated rings. The highest BCUT2D eigenvalue weighted by Crippen LogP contribution is 2.42. The van der Waals surface area contributed by atoms with Crippen LogP contribution in [0.3, 0.4) is 0 Å². The molecule has 13 nitrogen and oxygen atoms in total. The summed E-state index contributed by atoms with van der Waals surface area (Å²) in [5.74, 6) is -3.33. The van der Waals surface area contributed by atoms with Crippen LogP contribution >= 0.6 is 0 Å². The van der Waals surface area contributed by atoms with Crippen LogP contribution in [0.1, 0.15) is 6.92 Å². The Morgan fingerprint density at radius 2 is 1.48 bits per heavy atom. The summed E-state index contributed by atoms with van der Waals surface area (Å²) in [7, 11) is 0. The van der Waals surface area contributed by atoms with Crippen LogP contribution in [0.25, 0.3) is 22.3 Å². The number of hydrogen-bond donors (Lipinski definition) is 8. The van der Waals surface area contributed by atoms with Gasteiger partial charge in [-0.25, -0.2) is 0 Å². The van der Waals surface area contributed by atoms with Gasteiger partial charge in [0.15, 0.2) is 28.8 Å². The lowest BCUT2D eigenvalue weighted by atomic mass is 10.00. The van der Waals surface area contributed by atoms with Crippen molar-refractivity contribution in [2.75, 3.05) is 0 Å². The Balaban J connectivity index is 1.66. The van der Waals surface area contributed by atoms with Gasteiger partial charge in [-0.15, -0.1) is 0 Å². The summed E-state index contributed by atoms with van der Waals surface area (Å²) in [4.78, 5) is 13.6. The first-order valence-electron chi connectivity index (χ1n) is 11.9. The van der Waals surface area contributed by atoms with Crippen LogP contribution in [-0.4, -0.2) is 71.6 Å². The highest BCUT2D eigenvalue weighted by atomic mass is 16.7. The van der Waals surface area contributed by atoms with Crippen LogP contribution in [-0.2, 0) is 4.74 Å². The van der Waals surface area contributed by atoms with Crippen LogP contribution in [0.4, 0.5) is 0 Å². The minimum absolute atomic E-state index is 0.0573. The second-order valence-electron chi connectivity index (χ2n) is 9.16. The van der Waals surface area contributed by atoms with Crippen LogP contribution in [0.2, 0.25) is 0 Å². The number of rotatable bonds is 5. The molecule has 0 radical (unpaired) electrons. The van der Waals surface area contributed by atoms with Gasteiger partial charge in [-0.1, -0.05) is 0 Å². The molecule has 5 rings (SSSR count). The number of hydrogen-bond acceptors (Lipinski definition) is 13. The van der Waals surface area contributed by atoms with E-state index in [0.717, 1.165) is 18.2 Å². The molecule has 0 bridgehead atoms. The molecule has 1 aliphatic rings. The van der Waals surface area contributed by atoms with Gasteiger partial charge in [-0.05, 0) is 37.3 Å². The third-order valence-electron chi connectivity index (χ3n) is 6.34. The van der Waals surface area contributed by atoms with Gasteiger partial charge in [-0.3, -0.25) is 4.79 Å². The zero-order chi connectivity index (χ0) is 28.9. The van der Waals surface area contributed by atoms with Crippen molar-refractivity contribution in [2.24, 2.45) is 0 Å². The van der Waals surface area contributed by atoms with Gasteiger partial charge in [0.2, 0.25) is 17.5 Å². The second kappa shape index (κ2) is 10.1. The summed E-state index contributed by atoms with van der Waals surface area (Å²) < 4.78 is 22.6. The lowest BCUT2D eigenvalue weighted by molar-refractivity contribution is -0.268. The Morgan fingerprint density at radius 1 is 0.750 bits per heavy atom. The zero-order valence-electron chi connectivity index (χ0n) is 20.6. The number of aliphatic hydroxyl groups excluding tert-OH is 3. The highest BCUT2D eigenvalue weighted by Gasteiger charge is 2.44. The molecule has 0 saturated carbocycles. The maximum absolute atomic E-state index is 13.6. The van der Waals surface area contributed by atoms with E-state index in [4.69, 9.17) is 18.6 Å². The molecule has 13 heteroatoms. The maximum Gasteiger partial charge on any atom is 0.239 e. The fraction of sp³-hybridized carbons (Fsp3) is 0.222. The van der Waals surface area contributed by atoms with E-state index in [2.05, 4.69) is 0 Å². The van der Waals surface area contributed by atoms with Gasteiger partial charge in [0.25, 0.3) is 0 Å². The first kappa shape index (κ1) is 26.9. The number of ether oxygens (including phenoxy) is 3. The Morgan fingerprint density at radius 3 is 2.20 bits per heavy atom. The van der Waals surface area contributed by atoms with Crippen molar-refractivity contribution >= 4 is 11.0 Å². The molecule has 0 unspecified atom stereocenters. The van der Waals surface area contributed by atoms with E-state index in [1.165, 1.54) is 37.3 Å². The van der Waals surface area contributed by atoms with Gasteiger partial charge >= 0.3 is 0 Å². The molecule has 1 saturated heterocycles. The molecular formula is C27H24O13. The molecule has 0 amide bonds. The Labute approximate surface area is 224 Å². The smallest absolute Gasteiger partial charge is 0.239 e. The minimum Gasteiger partial charge on any atom is -0.508 e. The van der Waals surface area contributed by atoms with Crippen LogP contribution in [0.15, 0.2) is 57.7 Å². The first-order valence-corrected chi connectivity index (χ1v) is 11.9. The molecule has 5 atom stereocenters. The SMILES string of the molecule is C[C@@H]1O[C@@H](Oc2c(-c3ccc(O)c(Oc4ccc(O)cc4O)c3)oc3cc(O)cc(O)c3c2=O)[C@@H](O)[C@@H](O)[C@@H]1O. The number of benzene rings is 3. The van der Waals surface area contributed by atoms with E-state index in [0.29, 0.717) is 0 Å². The summed E-state index contributed by atoms with van der Waals surface area (Å²) >= 11 is 0. The molecule has 0 aliphatic carbocycles. The third-order valence-corrected chi connectivity index (χ3v) is 6.34. The van der Waals surface area contributed by atoms with Crippen molar-refractivity contribution < 1.29 is 59.5 Å². The summed E-state index contributed by atoms with van der Waals surface area (Å²) in [6, 6.07) is 9.21. The maximum atomic E-state index is 13.6. The van der Waals surface area contributed by atoms with Crippen molar-refractivity contribution in [3.05, 3.63) is 58.8 Å². The van der Waals surface area contributed by atoms with Crippen molar-refractivity contribution in [3.63, 3.8) is 0 Å². The van der Waals surface area contributed by atoms with E-state index in [9.17, 15) is 45.6 Å². The van der Waals surface area contributed by atoms with E-state index in [1.807, 2.05) is 0 Å². The molecule has 8 N–H and O–H groups in total. The number of aliphatic hydroxyl groups is 3. The average molecular weight is 556 g/mol. The van der Waals surface area contributed by atoms with Gasteiger partial charge in [0, 0.05) is 23.8 Å². The quantitative estimate of drug-likeness (QED) is 0.176. The minimum atomic E-state index is -1.79. The highest BCUT2D eigenvalue weighted by molar-refractivity contribution is 5.88. The van der Waals surface area contributed by atoms with E-state index < -0.39 is 59.1 Å². The van der Waals surface area contributed by atoms with Gasteiger partial charge in [-0.2, -0.15) is 0 Å². The summed E-state index contributed by atoms with van der Waals surface area (Å²) in [5, 5.41) is 80.6.